The second-order valence-electron chi connectivity index (χ2n) is 7.53. The van der Waals surface area contributed by atoms with Crippen LogP contribution in [0.3, 0.4) is 0 Å². The van der Waals surface area contributed by atoms with Crippen LogP contribution in [0.4, 0.5) is 5.82 Å². The summed E-state index contributed by atoms with van der Waals surface area (Å²) in [4.78, 5) is 30.1. The molecule has 156 valence electrons. The maximum absolute atomic E-state index is 13.1. The maximum Gasteiger partial charge on any atom is 0.290 e. The van der Waals surface area contributed by atoms with Gasteiger partial charge < -0.3 is 14.9 Å². The molecule has 3 aromatic heterocycles. The predicted molar refractivity (Wildman–Crippen MR) is 111 cm³/mol. The molecule has 0 bridgehead atoms. The molecule has 3 aromatic rings. The van der Waals surface area contributed by atoms with Crippen molar-refractivity contribution >= 4 is 23.8 Å². The quantitative estimate of drug-likeness (QED) is 0.645. The Labute approximate surface area is 174 Å². The van der Waals surface area contributed by atoms with Crippen LogP contribution in [0.25, 0.3) is 5.65 Å². The van der Waals surface area contributed by atoms with E-state index in [4.69, 9.17) is 9.90 Å². The van der Waals surface area contributed by atoms with Crippen molar-refractivity contribution in [2.24, 2.45) is 0 Å². The van der Waals surface area contributed by atoms with Gasteiger partial charge in [-0.2, -0.15) is 0 Å². The summed E-state index contributed by atoms with van der Waals surface area (Å²) in [6, 6.07) is 9.81. The molecule has 0 aliphatic carbocycles. The minimum atomic E-state index is -0.250. The standard InChI is InChI=1S/C20H22N6O.CH2O2/c1-24-12-9-14-7-8-16(21-18(14)24)20(27)25-10-4-5-15(13-25)19-23-22-17-6-2-3-11-26(17)19;2-1-3/h2-3,6-8,11,15H,4-5,9-10,12-13H2,1H3;1H,(H,2,3). The second kappa shape index (κ2) is 8.48. The minimum absolute atomic E-state index is 0.0108. The number of hydrogen-bond acceptors (Lipinski definition) is 6. The van der Waals surface area contributed by atoms with Gasteiger partial charge in [-0.15, -0.1) is 10.2 Å². The molecule has 1 unspecified atom stereocenters. The lowest BCUT2D eigenvalue weighted by molar-refractivity contribution is -0.122. The summed E-state index contributed by atoms with van der Waals surface area (Å²) < 4.78 is 2.03. The highest BCUT2D eigenvalue weighted by Crippen LogP contribution is 2.28. The topological polar surface area (TPSA) is 104 Å². The molecular formula is C21H24N6O3. The van der Waals surface area contributed by atoms with Gasteiger partial charge in [-0.25, -0.2) is 4.98 Å². The molecule has 1 amide bonds. The monoisotopic (exact) mass is 408 g/mol. The average Bonchev–Trinajstić information content (AvgIpc) is 3.37. The Morgan fingerprint density at radius 1 is 1.20 bits per heavy atom. The molecule has 1 atom stereocenters. The Kier molecular flexibility index (Phi) is 5.60. The Bertz CT molecular complexity index is 1070. The largest absolute Gasteiger partial charge is 0.483 e. The van der Waals surface area contributed by atoms with E-state index in [1.165, 1.54) is 5.56 Å². The van der Waals surface area contributed by atoms with Gasteiger partial charge in [0.05, 0.1) is 0 Å². The molecule has 0 aromatic carbocycles. The van der Waals surface area contributed by atoms with E-state index < -0.39 is 0 Å². The smallest absolute Gasteiger partial charge is 0.290 e. The number of likely N-dealkylation sites (N-methyl/N-ethyl adjacent to an activating group) is 1. The first kappa shape index (κ1) is 19.8. The number of likely N-dealkylation sites (tertiary alicyclic amines) is 1. The fraction of sp³-hybridized carbons (Fsp3) is 0.381. The molecule has 5 rings (SSSR count). The highest BCUT2D eigenvalue weighted by Gasteiger charge is 2.29. The fourth-order valence-corrected chi connectivity index (χ4v) is 4.19. The summed E-state index contributed by atoms with van der Waals surface area (Å²) >= 11 is 0. The normalized spacial score (nSPS) is 18.0. The van der Waals surface area contributed by atoms with Crippen molar-refractivity contribution in [2.45, 2.75) is 25.2 Å². The molecule has 0 radical (unpaired) electrons. The Morgan fingerprint density at radius 2 is 2.03 bits per heavy atom. The number of anilines is 1. The molecular weight excluding hydrogens is 384 g/mol. The lowest BCUT2D eigenvalue weighted by atomic mass is 9.97. The van der Waals surface area contributed by atoms with E-state index in [-0.39, 0.29) is 18.3 Å². The van der Waals surface area contributed by atoms with Crippen molar-refractivity contribution in [1.82, 2.24) is 24.5 Å². The SMILES string of the molecule is CN1CCc2ccc(C(=O)N3CCCC(c4nnc5ccccn45)C3)nc21.O=CO. The van der Waals surface area contributed by atoms with Crippen LogP contribution in [-0.2, 0) is 11.2 Å². The summed E-state index contributed by atoms with van der Waals surface area (Å²) in [5.74, 6) is 2.08. The van der Waals surface area contributed by atoms with Gasteiger partial charge in [0.1, 0.15) is 17.3 Å². The van der Waals surface area contributed by atoms with Crippen LogP contribution in [0.1, 0.15) is 40.6 Å². The van der Waals surface area contributed by atoms with Crippen molar-refractivity contribution in [2.75, 3.05) is 31.6 Å². The minimum Gasteiger partial charge on any atom is -0.483 e. The first-order valence-corrected chi connectivity index (χ1v) is 10.00. The van der Waals surface area contributed by atoms with Gasteiger partial charge in [-0.1, -0.05) is 12.1 Å². The van der Waals surface area contributed by atoms with Crippen LogP contribution in [-0.4, -0.2) is 68.6 Å². The third-order valence-electron chi connectivity index (χ3n) is 5.67. The molecule has 5 heterocycles. The molecule has 30 heavy (non-hydrogen) atoms. The van der Waals surface area contributed by atoms with Gasteiger partial charge in [0.2, 0.25) is 0 Å². The summed E-state index contributed by atoms with van der Waals surface area (Å²) in [6.45, 7) is 2.13. The van der Waals surface area contributed by atoms with Crippen molar-refractivity contribution in [1.29, 1.82) is 0 Å². The lowest BCUT2D eigenvalue weighted by Gasteiger charge is -2.31. The second-order valence-corrected chi connectivity index (χ2v) is 7.53. The number of hydrogen-bond donors (Lipinski definition) is 1. The maximum atomic E-state index is 13.1. The molecule has 9 heteroatoms. The van der Waals surface area contributed by atoms with Gasteiger partial charge >= 0.3 is 0 Å². The number of fused-ring (bicyclic) bond motifs is 2. The number of amides is 1. The lowest BCUT2D eigenvalue weighted by Crippen LogP contribution is -2.40. The van der Waals surface area contributed by atoms with Crippen molar-refractivity contribution < 1.29 is 14.7 Å². The molecule has 1 N–H and O–H groups in total. The van der Waals surface area contributed by atoms with E-state index in [9.17, 15) is 4.79 Å². The van der Waals surface area contributed by atoms with E-state index in [2.05, 4.69) is 20.1 Å². The fourth-order valence-electron chi connectivity index (χ4n) is 4.19. The van der Waals surface area contributed by atoms with E-state index in [0.717, 1.165) is 49.6 Å². The predicted octanol–water partition coefficient (Wildman–Crippen LogP) is 1.84. The number of carbonyl (C=O) groups excluding carboxylic acids is 1. The third-order valence-corrected chi connectivity index (χ3v) is 5.67. The van der Waals surface area contributed by atoms with Gasteiger partial charge in [-0.05, 0) is 43.0 Å². The van der Waals surface area contributed by atoms with Gasteiger partial charge in [-0.3, -0.25) is 14.0 Å². The first-order valence-electron chi connectivity index (χ1n) is 10.00. The number of carboxylic acid groups (broad SMARTS) is 1. The summed E-state index contributed by atoms with van der Waals surface area (Å²) in [5.41, 5.74) is 2.61. The number of pyridine rings is 2. The van der Waals surface area contributed by atoms with Crippen LogP contribution in [0.5, 0.6) is 0 Å². The number of rotatable bonds is 2. The molecule has 1 saturated heterocycles. The zero-order chi connectivity index (χ0) is 21.1. The summed E-state index contributed by atoms with van der Waals surface area (Å²) in [5, 5.41) is 15.5. The highest BCUT2D eigenvalue weighted by molar-refractivity contribution is 5.93. The first-order chi connectivity index (χ1) is 14.6. The number of nitrogens with zero attached hydrogens (tertiary/aromatic N) is 6. The van der Waals surface area contributed by atoms with Crippen molar-refractivity contribution in [3.8, 4) is 0 Å². The van der Waals surface area contributed by atoms with E-state index >= 15 is 0 Å². The number of piperidine rings is 1. The van der Waals surface area contributed by atoms with Crippen molar-refractivity contribution in [3.05, 3.63) is 53.6 Å². The highest BCUT2D eigenvalue weighted by atomic mass is 16.3. The van der Waals surface area contributed by atoms with Crippen LogP contribution in [0.15, 0.2) is 36.5 Å². The average molecular weight is 408 g/mol. The van der Waals surface area contributed by atoms with E-state index in [1.54, 1.807) is 0 Å². The number of carbonyl (C=O) groups is 2. The molecule has 1 fully saturated rings. The van der Waals surface area contributed by atoms with E-state index in [0.29, 0.717) is 12.2 Å². The van der Waals surface area contributed by atoms with Crippen LogP contribution >= 0.6 is 0 Å². The van der Waals surface area contributed by atoms with Crippen LogP contribution in [0.2, 0.25) is 0 Å². The zero-order valence-electron chi connectivity index (χ0n) is 16.8. The summed E-state index contributed by atoms with van der Waals surface area (Å²) in [6.07, 6.45) is 4.96. The summed E-state index contributed by atoms with van der Waals surface area (Å²) in [7, 11) is 2.03. The van der Waals surface area contributed by atoms with Crippen LogP contribution < -0.4 is 4.90 Å². The van der Waals surface area contributed by atoms with Gasteiger partial charge in [0, 0.05) is 38.8 Å². The van der Waals surface area contributed by atoms with Crippen molar-refractivity contribution in [3.63, 3.8) is 0 Å². The van der Waals surface area contributed by atoms with Crippen LogP contribution in [0, 0.1) is 0 Å². The van der Waals surface area contributed by atoms with Gasteiger partial charge in [0.15, 0.2) is 5.65 Å². The molecule has 9 nitrogen and oxygen atoms in total. The molecule has 2 aliphatic heterocycles. The molecule has 0 spiro atoms. The van der Waals surface area contributed by atoms with Gasteiger partial charge in [0.25, 0.3) is 12.4 Å². The number of aromatic nitrogens is 4. The Hall–Kier alpha value is -3.49. The van der Waals surface area contributed by atoms with E-state index in [1.807, 2.05) is 52.9 Å². The Balaban J connectivity index is 0.000000687. The Morgan fingerprint density at radius 3 is 2.87 bits per heavy atom. The zero-order valence-corrected chi connectivity index (χ0v) is 16.8. The third kappa shape index (κ3) is 3.70. The molecule has 0 saturated carbocycles. The molecule has 2 aliphatic rings.